The molecule has 10 heteroatoms. The molecular weight excluding hydrogens is 339 g/mol. The molecule has 24 heavy (non-hydrogen) atoms. The number of hydrogen-bond acceptors (Lipinski definition) is 7. The van der Waals surface area contributed by atoms with E-state index in [1.165, 1.54) is 17.9 Å². The lowest BCUT2D eigenvalue weighted by Crippen LogP contribution is -2.39. The summed E-state index contributed by atoms with van der Waals surface area (Å²) in [5.41, 5.74) is -1.48. The molecule has 2 heterocycles. The molecule has 1 aromatic heterocycles. The first-order chi connectivity index (χ1) is 11.4. The number of aromatic nitrogens is 2. The number of H-pyrrole nitrogens is 1. The predicted molar refractivity (Wildman–Crippen MR) is 84.7 cm³/mol. The van der Waals surface area contributed by atoms with E-state index in [1.807, 2.05) is 0 Å². The minimum Gasteiger partial charge on any atom is -0.394 e. The molecule has 0 bridgehead atoms. The third-order valence-electron chi connectivity index (χ3n) is 3.96. The average Bonchev–Trinajstić information content (AvgIpc) is 2.93. The molecule has 0 radical (unpaired) electrons. The Morgan fingerprint density at radius 3 is 2.79 bits per heavy atom. The van der Waals surface area contributed by atoms with Crippen molar-refractivity contribution in [3.63, 3.8) is 0 Å². The van der Waals surface area contributed by atoms with Crippen LogP contribution in [0.15, 0.2) is 15.8 Å². The van der Waals surface area contributed by atoms with Crippen LogP contribution in [-0.2, 0) is 18.8 Å². The molecule has 0 saturated carbocycles. The van der Waals surface area contributed by atoms with Crippen LogP contribution in [0.3, 0.4) is 0 Å². The highest BCUT2D eigenvalue weighted by molar-refractivity contribution is 7.25. The van der Waals surface area contributed by atoms with Crippen LogP contribution in [0.4, 0.5) is 0 Å². The molecular formula is C14H21N2O7P. The first-order valence-corrected chi connectivity index (χ1v) is 8.36. The second-order valence-electron chi connectivity index (χ2n) is 5.67. The van der Waals surface area contributed by atoms with Crippen molar-refractivity contribution in [2.45, 2.75) is 44.0 Å². The molecule has 1 aliphatic heterocycles. The first kappa shape index (κ1) is 19.0. The SMILES string of the molecule is COC(C)COC1C(P=O)C(CO)OC1n1cc(C)c(=O)[nH]c1=O. The van der Waals surface area contributed by atoms with E-state index >= 15 is 0 Å². The van der Waals surface area contributed by atoms with Crippen molar-refractivity contribution in [2.24, 2.45) is 0 Å². The van der Waals surface area contributed by atoms with Crippen molar-refractivity contribution in [3.05, 3.63) is 32.6 Å². The Hall–Kier alpha value is -1.38. The van der Waals surface area contributed by atoms with Crippen molar-refractivity contribution in [3.8, 4) is 0 Å². The molecule has 0 spiro atoms. The van der Waals surface area contributed by atoms with Crippen LogP contribution in [0.25, 0.3) is 0 Å². The molecule has 2 N–H and O–H groups in total. The van der Waals surface area contributed by atoms with E-state index in [-0.39, 0.29) is 27.8 Å². The summed E-state index contributed by atoms with van der Waals surface area (Å²) < 4.78 is 29.3. The zero-order valence-corrected chi connectivity index (χ0v) is 14.6. The highest BCUT2D eigenvalue weighted by Gasteiger charge is 2.47. The van der Waals surface area contributed by atoms with Gasteiger partial charge in [0.2, 0.25) is 0 Å². The summed E-state index contributed by atoms with van der Waals surface area (Å²) in [6.45, 7) is 3.18. The maximum absolute atomic E-state index is 12.1. The number of methoxy groups -OCH3 is 1. The molecule has 134 valence electrons. The Bertz CT molecular complexity index is 688. The van der Waals surface area contributed by atoms with Gasteiger partial charge in [-0.2, -0.15) is 0 Å². The van der Waals surface area contributed by atoms with E-state index < -0.39 is 35.3 Å². The second kappa shape index (κ2) is 8.13. The number of rotatable bonds is 7. The summed E-state index contributed by atoms with van der Waals surface area (Å²) >= 11 is 0. The van der Waals surface area contributed by atoms with Crippen LogP contribution >= 0.6 is 8.46 Å². The van der Waals surface area contributed by atoms with Gasteiger partial charge >= 0.3 is 5.69 Å². The lowest BCUT2D eigenvalue weighted by Gasteiger charge is -2.23. The number of nitrogens with one attached hydrogen (secondary N) is 1. The predicted octanol–water partition coefficient (Wildman–Crippen LogP) is -0.185. The van der Waals surface area contributed by atoms with Gasteiger partial charge in [0.05, 0.1) is 31.1 Å². The number of nitrogens with zero attached hydrogens (tertiary/aromatic N) is 1. The standard InChI is InChI=1S/C14H21N2O7P/c1-7-4-16(14(19)15-12(7)18)13-10(22-6-8(2)21-3)11(24-20)9(5-17)23-13/h4,8-11,13,17H,5-6H2,1-3H3,(H,15,18,19). The molecule has 1 fully saturated rings. The Balaban J connectivity index is 2.37. The highest BCUT2D eigenvalue weighted by atomic mass is 31.1. The largest absolute Gasteiger partial charge is 0.394 e. The molecule has 5 unspecified atom stereocenters. The van der Waals surface area contributed by atoms with E-state index in [0.29, 0.717) is 5.56 Å². The minimum absolute atomic E-state index is 0.197. The zero-order chi connectivity index (χ0) is 17.9. The van der Waals surface area contributed by atoms with E-state index in [2.05, 4.69) is 4.98 Å². The Labute approximate surface area is 139 Å². The van der Waals surface area contributed by atoms with Gasteiger partial charge in [0.25, 0.3) is 5.56 Å². The van der Waals surface area contributed by atoms with Crippen molar-refractivity contribution < 1.29 is 23.9 Å². The van der Waals surface area contributed by atoms with E-state index in [1.54, 1.807) is 13.8 Å². The molecule has 0 aromatic carbocycles. The Kier molecular flexibility index (Phi) is 6.42. The molecule has 5 atom stereocenters. The summed E-state index contributed by atoms with van der Waals surface area (Å²) in [4.78, 5) is 25.8. The summed E-state index contributed by atoms with van der Waals surface area (Å²) in [6.07, 6.45) is -1.27. The molecule has 0 aliphatic carbocycles. The van der Waals surface area contributed by atoms with Gasteiger partial charge in [0, 0.05) is 18.9 Å². The van der Waals surface area contributed by atoms with Crippen LogP contribution in [0.5, 0.6) is 0 Å². The number of aromatic amines is 1. The molecule has 0 amide bonds. The van der Waals surface area contributed by atoms with Gasteiger partial charge in [-0.05, 0) is 13.8 Å². The number of aliphatic hydroxyl groups excluding tert-OH is 1. The van der Waals surface area contributed by atoms with Crippen LogP contribution < -0.4 is 11.2 Å². The summed E-state index contributed by atoms with van der Waals surface area (Å²) in [7, 11) is 1.27. The van der Waals surface area contributed by atoms with Gasteiger partial charge in [-0.15, -0.1) is 0 Å². The van der Waals surface area contributed by atoms with Gasteiger partial charge in [-0.3, -0.25) is 18.9 Å². The zero-order valence-electron chi connectivity index (χ0n) is 13.7. The Morgan fingerprint density at radius 2 is 2.21 bits per heavy atom. The summed E-state index contributed by atoms with van der Waals surface area (Å²) in [5.74, 6) is 0. The van der Waals surface area contributed by atoms with Gasteiger partial charge in [0.1, 0.15) is 6.10 Å². The monoisotopic (exact) mass is 360 g/mol. The van der Waals surface area contributed by atoms with Gasteiger partial charge < -0.3 is 19.3 Å². The van der Waals surface area contributed by atoms with E-state index in [4.69, 9.17) is 14.2 Å². The van der Waals surface area contributed by atoms with Gasteiger partial charge in [-0.25, -0.2) is 4.79 Å². The minimum atomic E-state index is -0.916. The van der Waals surface area contributed by atoms with Gasteiger partial charge in [-0.1, -0.05) is 0 Å². The maximum atomic E-state index is 12.1. The third kappa shape index (κ3) is 3.81. The number of hydrogen-bond donors (Lipinski definition) is 2. The van der Waals surface area contributed by atoms with E-state index in [9.17, 15) is 19.3 Å². The fraction of sp³-hybridized carbons (Fsp3) is 0.714. The fourth-order valence-corrected chi connectivity index (χ4v) is 3.14. The van der Waals surface area contributed by atoms with Gasteiger partial charge in [0.15, 0.2) is 14.7 Å². The van der Waals surface area contributed by atoms with Crippen LogP contribution in [0.2, 0.25) is 0 Å². The van der Waals surface area contributed by atoms with Crippen LogP contribution in [0, 0.1) is 6.92 Å². The summed E-state index contributed by atoms with van der Waals surface area (Å²) in [5, 5.41) is 9.45. The van der Waals surface area contributed by atoms with Crippen molar-refractivity contribution in [1.29, 1.82) is 0 Å². The third-order valence-corrected chi connectivity index (χ3v) is 4.83. The quantitative estimate of drug-likeness (QED) is 0.647. The smallest absolute Gasteiger partial charge is 0.330 e. The normalized spacial score (nSPS) is 28.3. The van der Waals surface area contributed by atoms with Crippen LogP contribution in [-0.4, -0.2) is 59.0 Å². The average molecular weight is 360 g/mol. The topological polar surface area (TPSA) is 120 Å². The molecule has 1 aliphatic rings. The molecule has 2 rings (SSSR count). The van der Waals surface area contributed by atoms with Crippen molar-refractivity contribution in [1.82, 2.24) is 9.55 Å². The first-order valence-electron chi connectivity index (χ1n) is 7.48. The van der Waals surface area contributed by atoms with Crippen molar-refractivity contribution >= 4 is 8.46 Å². The number of aliphatic hydroxyl groups is 1. The van der Waals surface area contributed by atoms with Crippen molar-refractivity contribution in [2.75, 3.05) is 20.3 Å². The Morgan fingerprint density at radius 1 is 1.50 bits per heavy atom. The number of aryl methyl sites for hydroxylation is 1. The number of ether oxygens (including phenoxy) is 3. The lowest BCUT2D eigenvalue weighted by molar-refractivity contribution is -0.0883. The summed E-state index contributed by atoms with van der Waals surface area (Å²) in [6, 6.07) is 0. The molecule has 1 aromatic rings. The van der Waals surface area contributed by atoms with Crippen LogP contribution in [0.1, 0.15) is 18.7 Å². The molecule has 1 saturated heterocycles. The lowest BCUT2D eigenvalue weighted by atomic mass is 10.2. The maximum Gasteiger partial charge on any atom is 0.330 e. The fourth-order valence-electron chi connectivity index (χ4n) is 2.49. The second-order valence-corrected chi connectivity index (χ2v) is 6.47. The highest BCUT2D eigenvalue weighted by Crippen LogP contribution is 2.37. The van der Waals surface area contributed by atoms with E-state index in [0.717, 1.165) is 0 Å². The molecule has 9 nitrogen and oxygen atoms in total.